The van der Waals surface area contributed by atoms with E-state index in [-0.39, 0.29) is 17.3 Å². The molecule has 0 saturated carbocycles. The van der Waals surface area contributed by atoms with E-state index in [1.807, 2.05) is 0 Å². The molecule has 3 nitrogen and oxygen atoms in total. The Hall–Kier alpha value is -2.85. The molecular formula is C20H15ClFNO2. The summed E-state index contributed by atoms with van der Waals surface area (Å²) in [5.41, 5.74) is 2.61. The molecule has 5 heteroatoms. The van der Waals surface area contributed by atoms with E-state index in [0.29, 0.717) is 28.4 Å². The predicted molar refractivity (Wildman–Crippen MR) is 97.5 cm³/mol. The van der Waals surface area contributed by atoms with Crippen LogP contribution in [0.4, 0.5) is 10.1 Å². The summed E-state index contributed by atoms with van der Waals surface area (Å²) in [7, 11) is 0. The first-order valence-electron chi connectivity index (χ1n) is 7.61. The van der Waals surface area contributed by atoms with Crippen LogP contribution in [0.1, 0.15) is 11.1 Å². The number of phenolic OH excluding ortho intramolecular Hbond substituents is 2. The van der Waals surface area contributed by atoms with E-state index >= 15 is 0 Å². The van der Waals surface area contributed by atoms with Crippen molar-refractivity contribution in [1.82, 2.24) is 0 Å². The van der Waals surface area contributed by atoms with Gasteiger partial charge in [-0.15, -0.1) is 0 Å². The number of benzene rings is 3. The zero-order valence-corrected chi connectivity index (χ0v) is 13.9. The highest BCUT2D eigenvalue weighted by atomic mass is 35.5. The lowest BCUT2D eigenvalue weighted by Crippen LogP contribution is -2.05. The van der Waals surface area contributed by atoms with Crippen molar-refractivity contribution in [3.63, 3.8) is 0 Å². The molecule has 0 atom stereocenters. The molecule has 0 unspecified atom stereocenters. The Bertz CT molecular complexity index is 906. The summed E-state index contributed by atoms with van der Waals surface area (Å²) in [5.74, 6) is -0.420. The predicted octanol–water partition coefficient (Wildman–Crippen LogP) is 5.25. The number of hydrogen-bond acceptors (Lipinski definition) is 3. The number of hydrogen-bond donors (Lipinski definition) is 2. The zero-order chi connectivity index (χ0) is 17.8. The molecule has 0 aromatic heterocycles. The summed E-state index contributed by atoms with van der Waals surface area (Å²) in [6.45, 7) is 0. The third kappa shape index (κ3) is 4.37. The number of phenols is 2. The maximum atomic E-state index is 13.1. The summed E-state index contributed by atoms with van der Waals surface area (Å²) < 4.78 is 13.1. The van der Waals surface area contributed by atoms with Gasteiger partial charge in [0.15, 0.2) is 0 Å². The Labute approximate surface area is 149 Å². The molecule has 0 heterocycles. The molecule has 0 aliphatic rings. The van der Waals surface area contributed by atoms with Gasteiger partial charge in [-0.05, 0) is 54.1 Å². The molecule has 25 heavy (non-hydrogen) atoms. The van der Waals surface area contributed by atoms with Crippen LogP contribution in [0, 0.1) is 5.82 Å². The van der Waals surface area contributed by atoms with Gasteiger partial charge in [0.1, 0.15) is 17.3 Å². The highest BCUT2D eigenvalue weighted by Crippen LogP contribution is 2.27. The second-order valence-electron chi connectivity index (χ2n) is 5.54. The second-order valence-corrected chi connectivity index (χ2v) is 5.98. The summed E-state index contributed by atoms with van der Waals surface area (Å²) in [6, 6.07) is 17.4. The van der Waals surface area contributed by atoms with Crippen LogP contribution in [0.2, 0.25) is 5.02 Å². The van der Waals surface area contributed by atoms with Crippen molar-refractivity contribution in [2.75, 3.05) is 0 Å². The average molecular weight is 356 g/mol. The minimum atomic E-state index is -0.313. The Morgan fingerprint density at radius 2 is 1.60 bits per heavy atom. The minimum Gasteiger partial charge on any atom is -0.508 e. The molecule has 0 bridgehead atoms. The maximum absolute atomic E-state index is 13.1. The fourth-order valence-electron chi connectivity index (χ4n) is 2.43. The van der Waals surface area contributed by atoms with Crippen LogP contribution in [-0.2, 0) is 6.42 Å². The van der Waals surface area contributed by atoms with E-state index in [0.717, 1.165) is 5.56 Å². The number of aromatic hydroxyl groups is 2. The second kappa shape index (κ2) is 7.36. The van der Waals surface area contributed by atoms with Crippen molar-refractivity contribution in [3.8, 4) is 11.5 Å². The van der Waals surface area contributed by atoms with Gasteiger partial charge in [-0.1, -0.05) is 23.7 Å². The molecule has 0 radical (unpaired) electrons. The summed E-state index contributed by atoms with van der Waals surface area (Å²) in [6.07, 6.45) is 0.390. The Kier molecular flexibility index (Phi) is 5.00. The number of nitrogens with zero attached hydrogens (tertiary/aromatic N) is 1. The van der Waals surface area contributed by atoms with Crippen molar-refractivity contribution in [2.45, 2.75) is 6.42 Å². The third-order valence-electron chi connectivity index (χ3n) is 3.67. The molecule has 3 rings (SSSR count). The Balaban J connectivity index is 2.03. The normalized spacial score (nSPS) is 11.5. The van der Waals surface area contributed by atoms with Crippen molar-refractivity contribution in [3.05, 3.63) is 88.7 Å². The van der Waals surface area contributed by atoms with Gasteiger partial charge < -0.3 is 10.2 Å². The molecule has 0 fully saturated rings. The van der Waals surface area contributed by atoms with E-state index in [2.05, 4.69) is 4.99 Å². The first-order chi connectivity index (χ1) is 12.0. The van der Waals surface area contributed by atoms with Crippen molar-refractivity contribution < 1.29 is 14.6 Å². The van der Waals surface area contributed by atoms with Gasteiger partial charge in [0, 0.05) is 23.1 Å². The van der Waals surface area contributed by atoms with E-state index in [9.17, 15) is 14.6 Å². The van der Waals surface area contributed by atoms with E-state index in [1.54, 1.807) is 42.5 Å². The van der Waals surface area contributed by atoms with Gasteiger partial charge in [0.2, 0.25) is 0 Å². The van der Waals surface area contributed by atoms with Crippen molar-refractivity contribution in [1.29, 1.82) is 0 Å². The van der Waals surface area contributed by atoms with Crippen LogP contribution >= 0.6 is 11.6 Å². The number of aliphatic imine (C=N–C) groups is 1. The number of halogens is 2. The SMILES string of the molecule is Oc1ccc(C(Cc2ccc(F)cc2)=Nc2ccc(Cl)cc2)c(O)c1. The quantitative estimate of drug-likeness (QED) is 0.628. The lowest BCUT2D eigenvalue weighted by molar-refractivity contribution is 0.450. The van der Waals surface area contributed by atoms with Crippen molar-refractivity contribution >= 4 is 23.0 Å². The molecule has 3 aromatic carbocycles. The highest BCUT2D eigenvalue weighted by molar-refractivity contribution is 6.30. The maximum Gasteiger partial charge on any atom is 0.128 e. The van der Waals surface area contributed by atoms with Gasteiger partial charge in [-0.25, -0.2) is 4.39 Å². The van der Waals surface area contributed by atoms with Crippen LogP contribution in [0.3, 0.4) is 0 Å². The standard InChI is InChI=1S/C20H15ClFNO2/c21-14-3-7-16(8-4-14)23-19(11-13-1-5-15(22)6-2-13)18-10-9-17(24)12-20(18)25/h1-10,12,24-25H,11H2. The van der Waals surface area contributed by atoms with Crippen LogP contribution in [0.25, 0.3) is 0 Å². The summed E-state index contributed by atoms with van der Waals surface area (Å²) in [5, 5.41) is 20.3. The molecule has 0 amide bonds. The zero-order valence-electron chi connectivity index (χ0n) is 13.2. The minimum absolute atomic E-state index is 0.0334. The molecular weight excluding hydrogens is 341 g/mol. The lowest BCUT2D eigenvalue weighted by atomic mass is 10.0. The van der Waals surface area contributed by atoms with E-state index in [1.165, 1.54) is 24.3 Å². The molecule has 0 aliphatic heterocycles. The number of rotatable bonds is 4. The molecule has 3 aromatic rings. The monoisotopic (exact) mass is 355 g/mol. The summed E-state index contributed by atoms with van der Waals surface area (Å²) in [4.78, 5) is 4.60. The van der Waals surface area contributed by atoms with Crippen LogP contribution in [-0.4, -0.2) is 15.9 Å². The Morgan fingerprint density at radius 3 is 2.24 bits per heavy atom. The fourth-order valence-corrected chi connectivity index (χ4v) is 2.55. The third-order valence-corrected chi connectivity index (χ3v) is 3.92. The lowest BCUT2D eigenvalue weighted by Gasteiger charge is -2.10. The molecule has 0 spiro atoms. The van der Waals surface area contributed by atoms with Gasteiger partial charge >= 0.3 is 0 Å². The van der Waals surface area contributed by atoms with Gasteiger partial charge in [-0.3, -0.25) is 4.99 Å². The molecule has 0 saturated heterocycles. The molecule has 0 aliphatic carbocycles. The largest absolute Gasteiger partial charge is 0.508 e. The first-order valence-corrected chi connectivity index (χ1v) is 7.99. The molecule has 2 N–H and O–H groups in total. The first kappa shape index (κ1) is 17.0. The average Bonchev–Trinajstić information content (AvgIpc) is 2.58. The topological polar surface area (TPSA) is 52.8 Å². The van der Waals surface area contributed by atoms with Gasteiger partial charge in [0.05, 0.1) is 11.4 Å². The fraction of sp³-hybridized carbons (Fsp3) is 0.0500. The van der Waals surface area contributed by atoms with Crippen LogP contribution < -0.4 is 0 Å². The Morgan fingerprint density at radius 1 is 0.920 bits per heavy atom. The highest BCUT2D eigenvalue weighted by Gasteiger charge is 2.12. The van der Waals surface area contributed by atoms with Crippen LogP contribution in [0.5, 0.6) is 11.5 Å². The molecule has 126 valence electrons. The summed E-state index contributed by atoms with van der Waals surface area (Å²) >= 11 is 5.90. The van der Waals surface area contributed by atoms with Crippen molar-refractivity contribution in [2.24, 2.45) is 4.99 Å². The van der Waals surface area contributed by atoms with Crippen LogP contribution in [0.15, 0.2) is 71.7 Å². The van der Waals surface area contributed by atoms with Gasteiger partial charge in [0.25, 0.3) is 0 Å². The van der Waals surface area contributed by atoms with E-state index in [4.69, 9.17) is 11.6 Å². The van der Waals surface area contributed by atoms with E-state index < -0.39 is 0 Å². The smallest absolute Gasteiger partial charge is 0.128 e. The van der Waals surface area contributed by atoms with Gasteiger partial charge in [-0.2, -0.15) is 0 Å².